The van der Waals surface area contributed by atoms with Crippen molar-refractivity contribution in [2.24, 2.45) is 0 Å². The molecule has 2 rings (SSSR count). The second kappa shape index (κ2) is 5.25. The van der Waals surface area contributed by atoms with Crippen LogP contribution in [0.2, 0.25) is 5.15 Å². The zero-order valence-corrected chi connectivity index (χ0v) is 12.9. The van der Waals surface area contributed by atoms with E-state index in [1.54, 1.807) is 6.07 Å². The van der Waals surface area contributed by atoms with Crippen LogP contribution in [0.4, 0.5) is 5.82 Å². The van der Waals surface area contributed by atoms with Crippen LogP contribution in [0.5, 0.6) is 0 Å². The third kappa shape index (κ3) is 3.36. The van der Waals surface area contributed by atoms with Gasteiger partial charge in [0.25, 0.3) is 0 Å². The highest BCUT2D eigenvalue weighted by Crippen LogP contribution is 2.24. The molecule has 0 saturated carbocycles. The van der Waals surface area contributed by atoms with Crippen LogP contribution >= 0.6 is 11.6 Å². The molecular formula is C12H18ClN3O2S. The van der Waals surface area contributed by atoms with Crippen molar-refractivity contribution < 1.29 is 8.42 Å². The van der Waals surface area contributed by atoms with Crippen molar-refractivity contribution >= 4 is 27.3 Å². The molecule has 0 aliphatic carbocycles. The van der Waals surface area contributed by atoms with E-state index in [4.69, 9.17) is 11.6 Å². The van der Waals surface area contributed by atoms with Crippen molar-refractivity contribution in [3.05, 3.63) is 17.0 Å². The quantitative estimate of drug-likeness (QED) is 0.781. The van der Waals surface area contributed by atoms with E-state index < -0.39 is 9.84 Å². The molecule has 2 heterocycles. The standard InChI is InChI=1S/C12H18ClN3O2S/c1-8(2)12-14-10(13)6-11(15-12)16-4-5-19(17,18)7-9(16)3/h6,8-9H,4-5,7H2,1-3H3. The van der Waals surface area contributed by atoms with E-state index in [1.807, 2.05) is 25.7 Å². The number of hydrogen-bond donors (Lipinski definition) is 0. The minimum absolute atomic E-state index is 0.0928. The first-order valence-electron chi connectivity index (χ1n) is 6.30. The van der Waals surface area contributed by atoms with Gasteiger partial charge in [-0.25, -0.2) is 18.4 Å². The lowest BCUT2D eigenvalue weighted by Crippen LogP contribution is -2.47. The minimum Gasteiger partial charge on any atom is -0.352 e. The second-order valence-corrected chi connectivity index (χ2v) is 7.83. The molecule has 1 aromatic heterocycles. The van der Waals surface area contributed by atoms with E-state index in [-0.39, 0.29) is 23.5 Å². The van der Waals surface area contributed by atoms with Crippen molar-refractivity contribution in [2.45, 2.75) is 32.7 Å². The van der Waals surface area contributed by atoms with Crippen molar-refractivity contribution in [3.63, 3.8) is 0 Å². The molecule has 0 bridgehead atoms. The summed E-state index contributed by atoms with van der Waals surface area (Å²) in [6.45, 7) is 6.34. The Balaban J connectivity index is 2.32. The Hall–Kier alpha value is -0.880. The van der Waals surface area contributed by atoms with Crippen LogP contribution in [0, 0.1) is 0 Å². The first-order valence-corrected chi connectivity index (χ1v) is 8.50. The van der Waals surface area contributed by atoms with Gasteiger partial charge in [0.2, 0.25) is 0 Å². The SMILES string of the molecule is CC(C)c1nc(Cl)cc(N2CCS(=O)(=O)CC2C)n1. The van der Waals surface area contributed by atoms with Crippen molar-refractivity contribution in [1.29, 1.82) is 0 Å². The Morgan fingerprint density at radius 2 is 2.11 bits per heavy atom. The third-order valence-corrected chi connectivity index (χ3v) is 5.17. The Morgan fingerprint density at radius 1 is 1.42 bits per heavy atom. The molecule has 5 nitrogen and oxygen atoms in total. The Morgan fingerprint density at radius 3 is 2.68 bits per heavy atom. The summed E-state index contributed by atoms with van der Waals surface area (Å²) in [5.74, 6) is 1.90. The van der Waals surface area contributed by atoms with Gasteiger partial charge in [-0.15, -0.1) is 0 Å². The molecule has 1 fully saturated rings. The van der Waals surface area contributed by atoms with Crippen LogP contribution in [-0.2, 0) is 9.84 Å². The first-order chi connectivity index (χ1) is 8.78. The summed E-state index contributed by atoms with van der Waals surface area (Å²) in [7, 11) is -2.93. The number of nitrogens with zero attached hydrogens (tertiary/aromatic N) is 3. The van der Waals surface area contributed by atoms with Crippen LogP contribution in [0.15, 0.2) is 6.07 Å². The van der Waals surface area contributed by atoms with E-state index in [1.165, 1.54) is 0 Å². The monoisotopic (exact) mass is 303 g/mol. The highest BCUT2D eigenvalue weighted by molar-refractivity contribution is 7.91. The van der Waals surface area contributed by atoms with Crippen molar-refractivity contribution in [3.8, 4) is 0 Å². The van der Waals surface area contributed by atoms with Crippen molar-refractivity contribution in [1.82, 2.24) is 9.97 Å². The second-order valence-electron chi connectivity index (χ2n) is 5.22. The molecule has 1 unspecified atom stereocenters. The topological polar surface area (TPSA) is 63.2 Å². The fourth-order valence-electron chi connectivity index (χ4n) is 2.17. The van der Waals surface area contributed by atoms with Gasteiger partial charge < -0.3 is 4.90 Å². The maximum Gasteiger partial charge on any atom is 0.154 e. The third-order valence-electron chi connectivity index (χ3n) is 3.18. The number of halogens is 1. The number of sulfone groups is 1. The van der Waals surface area contributed by atoms with E-state index in [9.17, 15) is 8.42 Å². The molecule has 0 radical (unpaired) electrons. The minimum atomic E-state index is -2.93. The number of hydrogen-bond acceptors (Lipinski definition) is 5. The molecule has 1 saturated heterocycles. The molecule has 1 aliphatic rings. The summed E-state index contributed by atoms with van der Waals surface area (Å²) in [6, 6.07) is 1.60. The van der Waals surface area contributed by atoms with Crippen LogP contribution < -0.4 is 4.90 Å². The lowest BCUT2D eigenvalue weighted by Gasteiger charge is -2.34. The molecule has 0 spiro atoms. The van der Waals surface area contributed by atoms with Gasteiger partial charge in [0.1, 0.15) is 16.8 Å². The van der Waals surface area contributed by atoms with E-state index >= 15 is 0 Å². The summed E-state index contributed by atoms with van der Waals surface area (Å²) in [5, 5.41) is 0.398. The summed E-state index contributed by atoms with van der Waals surface area (Å²) in [4.78, 5) is 10.7. The van der Waals surface area contributed by atoms with Gasteiger partial charge >= 0.3 is 0 Å². The molecule has 0 amide bonds. The predicted molar refractivity (Wildman–Crippen MR) is 76.6 cm³/mol. The van der Waals surface area contributed by atoms with Crippen LogP contribution in [0.25, 0.3) is 0 Å². The molecule has 1 atom stereocenters. The van der Waals surface area contributed by atoms with E-state index in [0.29, 0.717) is 23.3 Å². The largest absolute Gasteiger partial charge is 0.352 e. The van der Waals surface area contributed by atoms with Gasteiger partial charge in [-0.1, -0.05) is 25.4 Å². The van der Waals surface area contributed by atoms with E-state index in [0.717, 1.165) is 0 Å². The fourth-order valence-corrected chi connectivity index (χ4v) is 3.91. The molecule has 0 aromatic carbocycles. The van der Waals surface area contributed by atoms with E-state index in [2.05, 4.69) is 9.97 Å². The Bertz CT molecular complexity index is 574. The van der Waals surface area contributed by atoms with Crippen LogP contribution in [0.1, 0.15) is 32.5 Å². The number of anilines is 1. The zero-order chi connectivity index (χ0) is 14.2. The number of rotatable bonds is 2. The van der Waals surface area contributed by atoms with Crippen molar-refractivity contribution in [2.75, 3.05) is 23.0 Å². The molecule has 1 aromatic rings. The highest BCUT2D eigenvalue weighted by Gasteiger charge is 2.29. The molecular weight excluding hydrogens is 286 g/mol. The van der Waals surface area contributed by atoms with Crippen LogP contribution in [0.3, 0.4) is 0 Å². The summed E-state index contributed by atoms with van der Waals surface area (Å²) in [5.41, 5.74) is 0. The lowest BCUT2D eigenvalue weighted by atomic mass is 10.2. The molecule has 0 N–H and O–H groups in total. The van der Waals surface area contributed by atoms with Gasteiger partial charge in [-0.3, -0.25) is 0 Å². The summed E-state index contributed by atoms with van der Waals surface area (Å²) < 4.78 is 23.2. The molecule has 7 heteroatoms. The Labute approximate surface area is 118 Å². The first kappa shape index (κ1) is 14.5. The average molecular weight is 304 g/mol. The zero-order valence-electron chi connectivity index (χ0n) is 11.3. The van der Waals surface area contributed by atoms with Gasteiger partial charge in [-0.05, 0) is 6.92 Å². The highest BCUT2D eigenvalue weighted by atomic mass is 35.5. The molecule has 106 valence electrons. The molecule has 19 heavy (non-hydrogen) atoms. The summed E-state index contributed by atoms with van der Waals surface area (Å²) >= 11 is 6.02. The predicted octanol–water partition coefficient (Wildman–Crippen LogP) is 1.88. The van der Waals surface area contributed by atoms with Gasteiger partial charge in [-0.2, -0.15) is 0 Å². The molecule has 1 aliphatic heterocycles. The normalized spacial score (nSPS) is 22.8. The lowest BCUT2D eigenvalue weighted by molar-refractivity contribution is 0.566. The number of aromatic nitrogens is 2. The smallest absolute Gasteiger partial charge is 0.154 e. The van der Waals surface area contributed by atoms with Gasteiger partial charge in [0.15, 0.2) is 9.84 Å². The average Bonchev–Trinajstić information content (AvgIpc) is 2.26. The van der Waals surface area contributed by atoms with Gasteiger partial charge in [0.05, 0.1) is 11.5 Å². The van der Waals surface area contributed by atoms with Crippen LogP contribution in [-0.4, -0.2) is 42.5 Å². The fraction of sp³-hybridized carbons (Fsp3) is 0.667. The van der Waals surface area contributed by atoms with Gasteiger partial charge in [0, 0.05) is 24.6 Å². The summed E-state index contributed by atoms with van der Waals surface area (Å²) in [6.07, 6.45) is 0. The maximum absolute atomic E-state index is 11.6. The maximum atomic E-state index is 11.6. The Kier molecular flexibility index (Phi) is 4.01.